The van der Waals surface area contributed by atoms with Crippen molar-refractivity contribution in [3.05, 3.63) is 86.1 Å². The number of carbonyl (C=O) groups excluding carboxylic acids is 1. The number of thiophene rings is 1. The second kappa shape index (κ2) is 9.41. The van der Waals surface area contributed by atoms with Gasteiger partial charge in [-0.25, -0.2) is 4.98 Å². The number of benzene rings is 1. The molecule has 154 valence electrons. The third-order valence-corrected chi connectivity index (χ3v) is 6.99. The van der Waals surface area contributed by atoms with Crippen molar-refractivity contribution in [1.82, 2.24) is 14.9 Å². The van der Waals surface area contributed by atoms with Gasteiger partial charge in [-0.3, -0.25) is 4.79 Å². The summed E-state index contributed by atoms with van der Waals surface area (Å²) in [5, 5.41) is 8.01. The molecular weight excluding hydrogens is 410 g/mol. The van der Waals surface area contributed by atoms with Gasteiger partial charge in [0.25, 0.3) is 0 Å². The summed E-state index contributed by atoms with van der Waals surface area (Å²) >= 11 is 3.36. The summed E-state index contributed by atoms with van der Waals surface area (Å²) in [4.78, 5) is 18.5. The molecule has 4 nitrogen and oxygen atoms in total. The monoisotopic (exact) mass is 435 g/mol. The van der Waals surface area contributed by atoms with Gasteiger partial charge in [-0.1, -0.05) is 36.4 Å². The van der Waals surface area contributed by atoms with Gasteiger partial charge < -0.3 is 9.88 Å². The van der Waals surface area contributed by atoms with Crippen LogP contribution in [0.15, 0.2) is 59.3 Å². The Hall–Kier alpha value is -2.70. The summed E-state index contributed by atoms with van der Waals surface area (Å²) in [7, 11) is 0. The summed E-state index contributed by atoms with van der Waals surface area (Å²) in [6, 6.07) is 16.4. The first-order chi connectivity index (χ1) is 14.6. The third kappa shape index (κ3) is 4.89. The van der Waals surface area contributed by atoms with Gasteiger partial charge in [-0.2, -0.15) is 0 Å². The lowest BCUT2D eigenvalue weighted by atomic mass is 10.2. The smallest absolute Gasteiger partial charge is 0.227 e. The lowest BCUT2D eigenvalue weighted by molar-refractivity contribution is -0.120. The van der Waals surface area contributed by atoms with Gasteiger partial charge in [0.15, 0.2) is 0 Å². The fourth-order valence-electron chi connectivity index (χ4n) is 3.59. The SMILES string of the molecule is Cc1cc(-c2csc(CC(=O)NCc3ccccc3)n2)c(C)n1CCc1cccs1. The van der Waals surface area contributed by atoms with E-state index in [1.807, 2.05) is 30.3 Å². The average Bonchev–Trinajstić information content (AvgIpc) is 3.48. The van der Waals surface area contributed by atoms with Crippen LogP contribution in [0.4, 0.5) is 0 Å². The molecule has 4 aromatic rings. The van der Waals surface area contributed by atoms with Crippen molar-refractivity contribution in [3.63, 3.8) is 0 Å². The zero-order valence-corrected chi connectivity index (χ0v) is 18.9. The molecule has 1 aromatic carbocycles. The van der Waals surface area contributed by atoms with E-state index in [0.717, 1.165) is 34.8 Å². The largest absolute Gasteiger partial charge is 0.352 e. The predicted octanol–water partition coefficient (Wildman–Crippen LogP) is 5.39. The van der Waals surface area contributed by atoms with Crippen molar-refractivity contribution in [2.24, 2.45) is 0 Å². The number of hydrogen-bond acceptors (Lipinski definition) is 4. The third-order valence-electron chi connectivity index (χ3n) is 5.21. The number of nitrogens with one attached hydrogen (secondary N) is 1. The van der Waals surface area contributed by atoms with Crippen molar-refractivity contribution in [1.29, 1.82) is 0 Å². The summed E-state index contributed by atoms with van der Waals surface area (Å²) in [6.07, 6.45) is 1.35. The molecule has 0 unspecified atom stereocenters. The van der Waals surface area contributed by atoms with E-state index in [0.29, 0.717) is 13.0 Å². The molecule has 0 aliphatic heterocycles. The number of nitrogens with zero attached hydrogens (tertiary/aromatic N) is 2. The van der Waals surface area contributed by atoms with Crippen LogP contribution >= 0.6 is 22.7 Å². The minimum Gasteiger partial charge on any atom is -0.352 e. The normalized spacial score (nSPS) is 11.0. The minimum atomic E-state index is 0.00109. The van der Waals surface area contributed by atoms with Gasteiger partial charge in [0.2, 0.25) is 5.91 Å². The molecule has 0 radical (unpaired) electrons. The van der Waals surface area contributed by atoms with Crippen LogP contribution in [0.2, 0.25) is 0 Å². The van der Waals surface area contributed by atoms with Crippen molar-refractivity contribution >= 4 is 28.6 Å². The molecule has 4 rings (SSSR count). The molecule has 0 aliphatic carbocycles. The van der Waals surface area contributed by atoms with E-state index in [1.165, 1.54) is 16.3 Å². The van der Waals surface area contributed by atoms with Gasteiger partial charge in [0, 0.05) is 40.3 Å². The highest BCUT2D eigenvalue weighted by molar-refractivity contribution is 7.10. The molecule has 1 amide bonds. The molecule has 0 fully saturated rings. The topological polar surface area (TPSA) is 46.9 Å². The first-order valence-corrected chi connectivity index (χ1v) is 11.8. The molecule has 1 N–H and O–H groups in total. The number of thiazole rings is 1. The van der Waals surface area contributed by atoms with Crippen molar-refractivity contribution in [2.45, 2.75) is 39.8 Å². The lowest BCUT2D eigenvalue weighted by Crippen LogP contribution is -2.24. The zero-order valence-electron chi connectivity index (χ0n) is 17.2. The van der Waals surface area contributed by atoms with Crippen LogP contribution in [0.3, 0.4) is 0 Å². The van der Waals surface area contributed by atoms with Crippen LogP contribution in [0.1, 0.15) is 26.8 Å². The fraction of sp³-hybridized carbons (Fsp3) is 0.250. The highest BCUT2D eigenvalue weighted by Gasteiger charge is 2.15. The predicted molar refractivity (Wildman–Crippen MR) is 125 cm³/mol. The summed E-state index contributed by atoms with van der Waals surface area (Å²) in [6.45, 7) is 5.82. The van der Waals surface area contributed by atoms with E-state index in [-0.39, 0.29) is 5.91 Å². The summed E-state index contributed by atoms with van der Waals surface area (Å²) < 4.78 is 2.36. The molecule has 0 aliphatic rings. The van der Waals surface area contributed by atoms with E-state index in [1.54, 1.807) is 22.7 Å². The number of amides is 1. The first kappa shape index (κ1) is 20.6. The second-order valence-corrected chi connectivity index (χ2v) is 9.31. The quantitative estimate of drug-likeness (QED) is 0.403. The molecule has 3 aromatic heterocycles. The number of aryl methyl sites for hydroxylation is 2. The Morgan fingerprint density at radius 1 is 1.10 bits per heavy atom. The Bertz CT molecular complexity index is 1110. The Kier molecular flexibility index (Phi) is 6.45. The van der Waals surface area contributed by atoms with Crippen LogP contribution in [0, 0.1) is 13.8 Å². The molecule has 0 bridgehead atoms. The molecule has 3 heterocycles. The molecule has 6 heteroatoms. The molecule has 0 saturated carbocycles. The number of rotatable bonds is 8. The maximum atomic E-state index is 12.3. The van der Waals surface area contributed by atoms with Gasteiger partial charge in [-0.05, 0) is 43.3 Å². The van der Waals surface area contributed by atoms with E-state index < -0.39 is 0 Å². The van der Waals surface area contributed by atoms with Crippen molar-refractivity contribution < 1.29 is 4.79 Å². The summed E-state index contributed by atoms with van der Waals surface area (Å²) in [5.41, 5.74) is 5.69. The van der Waals surface area contributed by atoms with Gasteiger partial charge in [-0.15, -0.1) is 22.7 Å². The molecular formula is C24H25N3OS2. The van der Waals surface area contributed by atoms with Crippen LogP contribution in [-0.4, -0.2) is 15.5 Å². The van der Waals surface area contributed by atoms with E-state index >= 15 is 0 Å². The van der Waals surface area contributed by atoms with Gasteiger partial charge in [0.1, 0.15) is 5.01 Å². The highest BCUT2D eigenvalue weighted by atomic mass is 32.1. The fourth-order valence-corrected chi connectivity index (χ4v) is 5.08. The standard InChI is InChI=1S/C24H25N3OS2/c1-17-13-21(18(2)27(17)11-10-20-9-6-12-29-20)22-16-30-24(26-22)14-23(28)25-15-19-7-4-3-5-8-19/h3-9,12-13,16H,10-11,14-15H2,1-2H3,(H,25,28). The Balaban J connectivity index is 1.39. The minimum absolute atomic E-state index is 0.00109. The van der Waals surface area contributed by atoms with E-state index in [4.69, 9.17) is 4.98 Å². The first-order valence-electron chi connectivity index (χ1n) is 10.0. The van der Waals surface area contributed by atoms with E-state index in [2.05, 4.69) is 52.7 Å². The zero-order chi connectivity index (χ0) is 20.9. The van der Waals surface area contributed by atoms with Gasteiger partial charge in [0.05, 0.1) is 12.1 Å². The van der Waals surface area contributed by atoms with Crippen molar-refractivity contribution in [2.75, 3.05) is 0 Å². The Morgan fingerprint density at radius 3 is 2.70 bits per heavy atom. The number of carbonyl (C=O) groups is 1. The average molecular weight is 436 g/mol. The van der Waals surface area contributed by atoms with E-state index in [9.17, 15) is 4.79 Å². The second-order valence-electron chi connectivity index (χ2n) is 7.33. The van der Waals surface area contributed by atoms with Crippen molar-refractivity contribution in [3.8, 4) is 11.3 Å². The maximum Gasteiger partial charge on any atom is 0.227 e. The molecule has 30 heavy (non-hydrogen) atoms. The van der Waals surface area contributed by atoms with Crippen LogP contribution < -0.4 is 5.32 Å². The van der Waals surface area contributed by atoms with Gasteiger partial charge >= 0.3 is 0 Å². The lowest BCUT2D eigenvalue weighted by Gasteiger charge is -2.08. The summed E-state index contributed by atoms with van der Waals surface area (Å²) in [5.74, 6) is 0.00109. The molecule has 0 atom stereocenters. The maximum absolute atomic E-state index is 12.3. The number of hydrogen-bond donors (Lipinski definition) is 1. The Morgan fingerprint density at radius 2 is 1.93 bits per heavy atom. The van der Waals surface area contributed by atoms with Crippen LogP contribution in [0.25, 0.3) is 11.3 Å². The molecule has 0 saturated heterocycles. The Labute approximate surface area is 185 Å². The van der Waals surface area contributed by atoms with Crippen LogP contribution in [0.5, 0.6) is 0 Å². The number of aromatic nitrogens is 2. The molecule has 0 spiro atoms. The highest BCUT2D eigenvalue weighted by Crippen LogP contribution is 2.28. The van der Waals surface area contributed by atoms with Crippen LogP contribution in [-0.2, 0) is 30.7 Å².